The van der Waals surface area contributed by atoms with E-state index in [1.165, 1.54) is 4.68 Å². The molecule has 0 bridgehead atoms. The fourth-order valence-corrected chi connectivity index (χ4v) is 1.16. The van der Waals surface area contributed by atoms with Crippen molar-refractivity contribution in [2.45, 2.75) is 24.6 Å². The van der Waals surface area contributed by atoms with E-state index in [1.807, 2.05) is 0 Å². The molecule has 1 rings (SSSR count). The van der Waals surface area contributed by atoms with Crippen LogP contribution in [0.3, 0.4) is 0 Å². The van der Waals surface area contributed by atoms with E-state index >= 15 is 0 Å². The maximum atomic E-state index is 5.78. The van der Waals surface area contributed by atoms with Gasteiger partial charge < -0.3 is 5.84 Å². The van der Waals surface area contributed by atoms with E-state index in [1.54, 1.807) is 13.8 Å². The zero-order chi connectivity index (χ0) is 9.30. The molecule has 0 aliphatic rings. The fraction of sp³-hybridized carbons (Fsp3) is 0.667. The van der Waals surface area contributed by atoms with Crippen LogP contribution in [0.4, 0.5) is 0 Å². The molecule has 0 aromatic carbocycles. The van der Waals surface area contributed by atoms with Crippen LogP contribution in [0.2, 0.25) is 0 Å². The lowest BCUT2D eigenvalue weighted by Crippen LogP contribution is -2.16. The summed E-state index contributed by atoms with van der Waals surface area (Å²) in [7, 11) is 0. The SMILES string of the molecule is CC(Cl)c1nnc(C(C)Cl)n1N. The van der Waals surface area contributed by atoms with Crippen molar-refractivity contribution in [3.8, 4) is 0 Å². The number of nitrogens with zero attached hydrogens (tertiary/aromatic N) is 3. The molecule has 12 heavy (non-hydrogen) atoms. The molecule has 0 saturated heterocycles. The molecule has 1 heterocycles. The molecule has 2 atom stereocenters. The molecule has 1 aromatic heterocycles. The first-order valence-electron chi connectivity index (χ1n) is 3.52. The van der Waals surface area contributed by atoms with Gasteiger partial charge in [-0.05, 0) is 13.8 Å². The van der Waals surface area contributed by atoms with Gasteiger partial charge in [0, 0.05) is 0 Å². The maximum Gasteiger partial charge on any atom is 0.169 e. The molecule has 0 spiro atoms. The molecule has 0 saturated carbocycles. The van der Waals surface area contributed by atoms with Crippen LogP contribution in [0.5, 0.6) is 0 Å². The summed E-state index contributed by atoms with van der Waals surface area (Å²) in [4.78, 5) is 0. The predicted octanol–water partition coefficient (Wildman–Crippen LogP) is 1.59. The molecule has 0 radical (unpaired) electrons. The van der Waals surface area contributed by atoms with Crippen LogP contribution in [-0.4, -0.2) is 14.9 Å². The zero-order valence-corrected chi connectivity index (χ0v) is 8.34. The molecule has 2 unspecified atom stereocenters. The van der Waals surface area contributed by atoms with Crippen LogP contribution in [0.15, 0.2) is 0 Å². The number of nitrogens with two attached hydrogens (primary N) is 1. The van der Waals surface area contributed by atoms with Gasteiger partial charge in [0.15, 0.2) is 11.6 Å². The molecule has 2 N–H and O–H groups in total. The van der Waals surface area contributed by atoms with Crippen molar-refractivity contribution in [2.75, 3.05) is 5.84 Å². The number of rotatable bonds is 2. The first-order chi connectivity index (χ1) is 5.54. The standard InChI is InChI=1S/C6H10Cl2N4/c1-3(7)5-10-11-6(4(2)8)12(5)9/h3-4H,9H2,1-2H3. The first-order valence-corrected chi connectivity index (χ1v) is 4.39. The minimum absolute atomic E-state index is 0.258. The van der Waals surface area contributed by atoms with Crippen molar-refractivity contribution >= 4 is 23.2 Å². The average molecular weight is 209 g/mol. The molecule has 4 nitrogen and oxygen atoms in total. The Morgan fingerprint density at radius 3 is 1.67 bits per heavy atom. The average Bonchev–Trinajstić information content (AvgIpc) is 2.30. The van der Waals surface area contributed by atoms with Gasteiger partial charge in [-0.25, -0.2) is 4.68 Å². The van der Waals surface area contributed by atoms with Gasteiger partial charge in [-0.15, -0.1) is 33.4 Å². The number of hydrogen-bond acceptors (Lipinski definition) is 3. The van der Waals surface area contributed by atoms with E-state index in [-0.39, 0.29) is 10.8 Å². The van der Waals surface area contributed by atoms with E-state index < -0.39 is 0 Å². The first kappa shape index (κ1) is 9.61. The minimum atomic E-state index is -0.258. The summed E-state index contributed by atoms with van der Waals surface area (Å²) in [6.07, 6.45) is 0. The fourth-order valence-electron chi connectivity index (χ4n) is 0.859. The van der Waals surface area contributed by atoms with Crippen molar-refractivity contribution in [3.05, 3.63) is 11.6 Å². The van der Waals surface area contributed by atoms with Gasteiger partial charge in [-0.2, -0.15) is 0 Å². The van der Waals surface area contributed by atoms with Gasteiger partial charge in [-0.1, -0.05) is 0 Å². The zero-order valence-electron chi connectivity index (χ0n) is 6.83. The molecule has 68 valence electrons. The summed E-state index contributed by atoms with van der Waals surface area (Å²) in [6, 6.07) is 0. The molecule has 0 aliphatic heterocycles. The van der Waals surface area contributed by atoms with Gasteiger partial charge in [-0.3, -0.25) is 0 Å². The normalized spacial score (nSPS) is 16.0. The van der Waals surface area contributed by atoms with Gasteiger partial charge in [0.05, 0.1) is 10.8 Å². The van der Waals surface area contributed by atoms with Crippen molar-refractivity contribution < 1.29 is 0 Å². The van der Waals surface area contributed by atoms with Crippen LogP contribution in [0.1, 0.15) is 36.3 Å². The molecule has 0 fully saturated rings. The number of alkyl halides is 2. The van der Waals surface area contributed by atoms with Crippen LogP contribution in [0.25, 0.3) is 0 Å². The minimum Gasteiger partial charge on any atom is -0.336 e. The predicted molar refractivity (Wildman–Crippen MR) is 48.7 cm³/mol. The Balaban J connectivity index is 3.04. The van der Waals surface area contributed by atoms with Gasteiger partial charge in [0.2, 0.25) is 0 Å². The van der Waals surface area contributed by atoms with Crippen LogP contribution in [0, 0.1) is 0 Å². The van der Waals surface area contributed by atoms with Crippen molar-refractivity contribution in [3.63, 3.8) is 0 Å². The molecular formula is C6H10Cl2N4. The Morgan fingerprint density at radius 2 is 1.50 bits per heavy atom. The van der Waals surface area contributed by atoms with Crippen LogP contribution in [-0.2, 0) is 0 Å². The molecule has 0 aliphatic carbocycles. The third kappa shape index (κ3) is 1.64. The molecular weight excluding hydrogens is 199 g/mol. The highest BCUT2D eigenvalue weighted by Gasteiger charge is 2.16. The number of nitrogen functional groups attached to an aromatic ring is 1. The van der Waals surface area contributed by atoms with E-state index in [0.717, 1.165) is 0 Å². The van der Waals surface area contributed by atoms with Gasteiger partial charge >= 0.3 is 0 Å². The smallest absolute Gasteiger partial charge is 0.169 e. The highest BCUT2D eigenvalue weighted by Crippen LogP contribution is 2.21. The van der Waals surface area contributed by atoms with Crippen LogP contribution >= 0.6 is 23.2 Å². The summed E-state index contributed by atoms with van der Waals surface area (Å²) in [5.41, 5.74) is 0. The van der Waals surface area contributed by atoms with Crippen LogP contribution < -0.4 is 5.84 Å². The Hall–Kier alpha value is -0.480. The number of aromatic nitrogens is 3. The Morgan fingerprint density at radius 1 is 1.17 bits per heavy atom. The summed E-state index contributed by atoms with van der Waals surface area (Å²) in [5.74, 6) is 6.68. The molecule has 0 amide bonds. The highest BCUT2D eigenvalue weighted by molar-refractivity contribution is 6.20. The number of hydrogen-bond donors (Lipinski definition) is 1. The molecule has 1 aromatic rings. The van der Waals surface area contributed by atoms with E-state index in [9.17, 15) is 0 Å². The Labute approximate surface area is 80.6 Å². The third-order valence-electron chi connectivity index (χ3n) is 1.46. The van der Waals surface area contributed by atoms with Crippen molar-refractivity contribution in [2.24, 2.45) is 0 Å². The lowest BCUT2D eigenvalue weighted by Gasteiger charge is -2.05. The highest BCUT2D eigenvalue weighted by atomic mass is 35.5. The summed E-state index contributed by atoms with van der Waals surface area (Å²) in [6.45, 7) is 3.55. The largest absolute Gasteiger partial charge is 0.336 e. The quantitative estimate of drug-likeness (QED) is 0.594. The second-order valence-corrected chi connectivity index (χ2v) is 3.83. The summed E-state index contributed by atoms with van der Waals surface area (Å²) >= 11 is 11.6. The Kier molecular flexibility index (Phi) is 2.80. The number of halogens is 2. The maximum absolute atomic E-state index is 5.78. The second kappa shape index (κ2) is 3.49. The topological polar surface area (TPSA) is 56.7 Å². The lowest BCUT2D eigenvalue weighted by molar-refractivity contribution is 0.787. The second-order valence-electron chi connectivity index (χ2n) is 2.52. The van der Waals surface area contributed by atoms with E-state index in [0.29, 0.717) is 11.6 Å². The molecule has 6 heteroatoms. The monoisotopic (exact) mass is 208 g/mol. The van der Waals surface area contributed by atoms with Crippen molar-refractivity contribution in [1.29, 1.82) is 0 Å². The Bertz CT molecular complexity index is 243. The van der Waals surface area contributed by atoms with E-state index in [4.69, 9.17) is 29.0 Å². The lowest BCUT2D eigenvalue weighted by atomic mass is 10.4. The van der Waals surface area contributed by atoms with Gasteiger partial charge in [0.1, 0.15) is 0 Å². The summed E-state index contributed by atoms with van der Waals surface area (Å²) < 4.78 is 1.33. The summed E-state index contributed by atoms with van der Waals surface area (Å²) in [5, 5.41) is 7.10. The van der Waals surface area contributed by atoms with E-state index in [2.05, 4.69) is 10.2 Å². The van der Waals surface area contributed by atoms with Crippen molar-refractivity contribution in [1.82, 2.24) is 14.9 Å². The third-order valence-corrected chi connectivity index (χ3v) is 1.85. The van der Waals surface area contributed by atoms with Gasteiger partial charge in [0.25, 0.3) is 0 Å².